The molecule has 0 spiro atoms. The number of alkyl halides is 3. The van der Waals surface area contributed by atoms with Gasteiger partial charge in [-0.15, -0.1) is 13.2 Å². The molecule has 0 saturated heterocycles. The van der Waals surface area contributed by atoms with Gasteiger partial charge >= 0.3 is 6.36 Å². The standard InChI is InChI=1S/C18H19F3N2O4S/c1-3-23(13(2)24)12-14-6-4-5-7-17(14)22-28(25,26)16-10-8-15(9-11-16)27-18(19,20)21/h4-11,22H,3,12H2,1-2H3. The minimum atomic E-state index is -4.86. The van der Waals surface area contributed by atoms with Crippen LogP contribution in [0.25, 0.3) is 0 Å². The summed E-state index contributed by atoms with van der Waals surface area (Å²) in [5.74, 6) is -0.674. The van der Waals surface area contributed by atoms with E-state index in [4.69, 9.17) is 0 Å². The van der Waals surface area contributed by atoms with Gasteiger partial charge in [0.05, 0.1) is 10.6 Å². The van der Waals surface area contributed by atoms with E-state index in [0.717, 1.165) is 24.3 Å². The second-order valence-corrected chi connectivity index (χ2v) is 7.50. The van der Waals surface area contributed by atoms with Crippen molar-refractivity contribution < 1.29 is 31.1 Å². The van der Waals surface area contributed by atoms with E-state index < -0.39 is 22.1 Å². The summed E-state index contributed by atoms with van der Waals surface area (Å²) in [6.45, 7) is 3.89. The Morgan fingerprint density at radius 1 is 1.11 bits per heavy atom. The monoisotopic (exact) mass is 416 g/mol. The zero-order valence-corrected chi connectivity index (χ0v) is 16.0. The molecular formula is C18H19F3N2O4S. The number of carbonyl (C=O) groups excluding carboxylic acids is 1. The van der Waals surface area contributed by atoms with Gasteiger partial charge in [-0.3, -0.25) is 9.52 Å². The molecule has 0 unspecified atom stereocenters. The van der Waals surface area contributed by atoms with Crippen LogP contribution in [0.3, 0.4) is 0 Å². The first kappa shape index (κ1) is 21.5. The molecule has 0 aliphatic carbocycles. The quantitative estimate of drug-likeness (QED) is 0.746. The first-order valence-corrected chi connectivity index (χ1v) is 9.72. The van der Waals surface area contributed by atoms with E-state index in [1.165, 1.54) is 11.8 Å². The Kier molecular flexibility index (Phi) is 6.55. The molecule has 28 heavy (non-hydrogen) atoms. The van der Waals surface area contributed by atoms with Gasteiger partial charge in [-0.2, -0.15) is 0 Å². The smallest absolute Gasteiger partial charge is 0.406 e. The number of carbonyl (C=O) groups is 1. The minimum absolute atomic E-state index is 0.152. The predicted molar refractivity (Wildman–Crippen MR) is 97.1 cm³/mol. The van der Waals surface area contributed by atoms with E-state index in [-0.39, 0.29) is 23.0 Å². The first-order valence-electron chi connectivity index (χ1n) is 8.24. The number of hydrogen-bond donors (Lipinski definition) is 1. The lowest BCUT2D eigenvalue weighted by Gasteiger charge is -2.21. The molecule has 0 aliphatic heterocycles. The molecule has 0 heterocycles. The molecular weight excluding hydrogens is 397 g/mol. The number of rotatable bonds is 7. The molecule has 0 aromatic heterocycles. The molecule has 2 rings (SSSR count). The summed E-state index contributed by atoms with van der Waals surface area (Å²) >= 11 is 0. The summed E-state index contributed by atoms with van der Waals surface area (Å²) in [7, 11) is -4.05. The Morgan fingerprint density at radius 2 is 1.71 bits per heavy atom. The van der Waals surface area contributed by atoms with Crippen LogP contribution in [0.15, 0.2) is 53.4 Å². The Labute approximate surface area is 161 Å². The minimum Gasteiger partial charge on any atom is -0.406 e. The zero-order valence-electron chi connectivity index (χ0n) is 15.2. The van der Waals surface area contributed by atoms with Gasteiger partial charge < -0.3 is 9.64 Å². The topological polar surface area (TPSA) is 75.7 Å². The number of para-hydroxylation sites is 1. The van der Waals surface area contributed by atoms with Crippen LogP contribution in [0.2, 0.25) is 0 Å². The van der Waals surface area contributed by atoms with Crippen LogP contribution in [0.5, 0.6) is 5.75 Å². The fraction of sp³-hybridized carbons (Fsp3) is 0.278. The van der Waals surface area contributed by atoms with E-state index in [9.17, 15) is 26.4 Å². The van der Waals surface area contributed by atoms with Crippen LogP contribution in [-0.4, -0.2) is 32.1 Å². The van der Waals surface area contributed by atoms with Crippen LogP contribution in [0.1, 0.15) is 19.4 Å². The van der Waals surface area contributed by atoms with Gasteiger partial charge in [0.15, 0.2) is 0 Å². The van der Waals surface area contributed by atoms with E-state index >= 15 is 0 Å². The normalized spacial score (nSPS) is 11.8. The highest BCUT2D eigenvalue weighted by Crippen LogP contribution is 2.26. The number of ether oxygens (including phenoxy) is 1. The van der Waals surface area contributed by atoms with Gasteiger partial charge in [-0.05, 0) is 42.8 Å². The highest BCUT2D eigenvalue weighted by molar-refractivity contribution is 7.92. The second kappa shape index (κ2) is 8.51. The number of nitrogens with zero attached hydrogens (tertiary/aromatic N) is 1. The van der Waals surface area contributed by atoms with Crippen LogP contribution in [0, 0.1) is 0 Å². The van der Waals surface area contributed by atoms with Crippen LogP contribution < -0.4 is 9.46 Å². The van der Waals surface area contributed by atoms with Gasteiger partial charge in [0.1, 0.15) is 5.75 Å². The molecule has 2 aromatic carbocycles. The lowest BCUT2D eigenvalue weighted by Crippen LogP contribution is -2.28. The third kappa shape index (κ3) is 5.88. The van der Waals surface area contributed by atoms with Crippen LogP contribution in [0.4, 0.5) is 18.9 Å². The molecule has 0 bridgehead atoms. The summed E-state index contributed by atoms with van der Waals surface area (Å²) < 4.78 is 68.0. The van der Waals surface area contributed by atoms with E-state index in [1.54, 1.807) is 31.2 Å². The van der Waals surface area contributed by atoms with E-state index in [1.807, 2.05) is 0 Å². The average Bonchev–Trinajstić information content (AvgIpc) is 2.59. The van der Waals surface area contributed by atoms with Gasteiger partial charge in [0, 0.05) is 20.0 Å². The molecule has 0 saturated carbocycles. The summed E-state index contributed by atoms with van der Waals surface area (Å²) in [4.78, 5) is 12.9. The Bertz CT molecular complexity index is 929. The highest BCUT2D eigenvalue weighted by atomic mass is 32.2. The van der Waals surface area contributed by atoms with Crippen molar-refractivity contribution in [3.8, 4) is 5.75 Å². The number of nitrogens with one attached hydrogen (secondary N) is 1. The van der Waals surface area contributed by atoms with Crippen LogP contribution >= 0.6 is 0 Å². The molecule has 0 fully saturated rings. The van der Waals surface area contributed by atoms with Crippen molar-refractivity contribution in [3.63, 3.8) is 0 Å². The van der Waals surface area contributed by atoms with Crippen molar-refractivity contribution in [2.24, 2.45) is 0 Å². The van der Waals surface area contributed by atoms with E-state index in [0.29, 0.717) is 12.1 Å². The van der Waals surface area contributed by atoms with Crippen molar-refractivity contribution in [2.45, 2.75) is 31.7 Å². The zero-order chi connectivity index (χ0) is 20.9. The number of sulfonamides is 1. The maximum Gasteiger partial charge on any atom is 0.573 e. The number of benzene rings is 2. The van der Waals surface area contributed by atoms with Crippen LogP contribution in [-0.2, 0) is 21.4 Å². The van der Waals surface area contributed by atoms with E-state index in [2.05, 4.69) is 9.46 Å². The molecule has 10 heteroatoms. The molecule has 1 amide bonds. The molecule has 2 aromatic rings. The number of amides is 1. The first-order chi connectivity index (χ1) is 13.0. The Morgan fingerprint density at radius 3 is 2.25 bits per heavy atom. The maximum absolute atomic E-state index is 12.6. The Hall–Kier alpha value is -2.75. The number of anilines is 1. The fourth-order valence-electron chi connectivity index (χ4n) is 2.43. The number of halogens is 3. The van der Waals surface area contributed by atoms with Gasteiger partial charge in [-0.25, -0.2) is 8.42 Å². The van der Waals surface area contributed by atoms with Gasteiger partial charge in [0.2, 0.25) is 5.91 Å². The van der Waals surface area contributed by atoms with Crippen molar-refractivity contribution in [1.82, 2.24) is 4.90 Å². The van der Waals surface area contributed by atoms with Crippen molar-refractivity contribution in [2.75, 3.05) is 11.3 Å². The van der Waals surface area contributed by atoms with Gasteiger partial charge in [-0.1, -0.05) is 18.2 Å². The predicted octanol–water partition coefficient (Wildman–Crippen LogP) is 3.75. The largest absolute Gasteiger partial charge is 0.573 e. The molecule has 152 valence electrons. The molecule has 0 aliphatic rings. The lowest BCUT2D eigenvalue weighted by atomic mass is 10.1. The third-order valence-corrected chi connectivity index (χ3v) is 5.20. The summed E-state index contributed by atoms with van der Waals surface area (Å²) in [6.07, 6.45) is -4.86. The average molecular weight is 416 g/mol. The number of hydrogen-bond acceptors (Lipinski definition) is 4. The summed E-state index contributed by atoms with van der Waals surface area (Å²) in [5, 5.41) is 0. The lowest BCUT2D eigenvalue weighted by molar-refractivity contribution is -0.274. The van der Waals surface area contributed by atoms with Crippen molar-refractivity contribution in [1.29, 1.82) is 0 Å². The van der Waals surface area contributed by atoms with Crippen molar-refractivity contribution in [3.05, 3.63) is 54.1 Å². The summed E-state index contributed by atoms with van der Waals surface area (Å²) in [5.41, 5.74) is 0.859. The molecule has 0 atom stereocenters. The highest BCUT2D eigenvalue weighted by Gasteiger charge is 2.31. The third-order valence-electron chi connectivity index (χ3n) is 3.82. The maximum atomic E-state index is 12.6. The molecule has 1 N–H and O–H groups in total. The summed E-state index contributed by atoms with van der Waals surface area (Å²) in [6, 6.07) is 10.4. The molecule has 0 radical (unpaired) electrons. The molecule has 6 nitrogen and oxygen atoms in total. The second-order valence-electron chi connectivity index (χ2n) is 5.82. The van der Waals surface area contributed by atoms with Gasteiger partial charge in [0.25, 0.3) is 10.0 Å². The Balaban J connectivity index is 2.24. The SMILES string of the molecule is CCN(Cc1ccccc1NS(=O)(=O)c1ccc(OC(F)(F)F)cc1)C(C)=O. The fourth-order valence-corrected chi connectivity index (χ4v) is 3.53. The van der Waals surface area contributed by atoms with Crippen molar-refractivity contribution >= 4 is 21.6 Å².